The molecule has 122 valence electrons. The van der Waals surface area contributed by atoms with Gasteiger partial charge < -0.3 is 10.1 Å². The van der Waals surface area contributed by atoms with E-state index in [1.165, 1.54) is 24.9 Å². The fourth-order valence-corrected chi connectivity index (χ4v) is 3.09. The third-order valence-corrected chi connectivity index (χ3v) is 4.26. The molecule has 1 saturated heterocycles. The molecule has 0 radical (unpaired) electrons. The smallest absolute Gasteiger partial charge is 0.321 e. The molecule has 1 fully saturated rings. The van der Waals surface area contributed by atoms with E-state index in [1.807, 2.05) is 18.2 Å². The molecule has 3 rings (SSSR count). The van der Waals surface area contributed by atoms with Crippen LogP contribution in [0, 0.1) is 0 Å². The van der Waals surface area contributed by atoms with E-state index < -0.39 is 0 Å². The lowest BCUT2D eigenvalue weighted by molar-refractivity contribution is 0.260. The van der Waals surface area contributed by atoms with Gasteiger partial charge in [-0.3, -0.25) is 4.90 Å². The Bertz CT molecular complexity index is 605. The molecule has 1 aromatic heterocycles. The van der Waals surface area contributed by atoms with Gasteiger partial charge in [0.2, 0.25) is 0 Å². The van der Waals surface area contributed by atoms with Gasteiger partial charge in [0.05, 0.1) is 0 Å². The van der Waals surface area contributed by atoms with Gasteiger partial charge in [-0.25, -0.2) is 9.97 Å². The number of nitrogens with zero attached hydrogens (tertiary/aromatic N) is 3. The number of ether oxygens (including phenoxy) is 1. The van der Waals surface area contributed by atoms with E-state index >= 15 is 0 Å². The molecule has 5 nitrogen and oxygen atoms in total. The minimum absolute atomic E-state index is 0.377. The number of aromatic nitrogens is 2. The van der Waals surface area contributed by atoms with Crippen molar-refractivity contribution in [3.63, 3.8) is 0 Å². The van der Waals surface area contributed by atoms with Crippen molar-refractivity contribution in [1.29, 1.82) is 0 Å². The lowest BCUT2D eigenvalue weighted by Crippen LogP contribution is -2.37. The van der Waals surface area contributed by atoms with Gasteiger partial charge in [-0.05, 0) is 49.7 Å². The molecule has 0 saturated carbocycles. The number of nitrogens with one attached hydrogen (secondary N) is 1. The van der Waals surface area contributed by atoms with Gasteiger partial charge in [-0.2, -0.15) is 0 Å². The molecule has 1 atom stereocenters. The van der Waals surface area contributed by atoms with E-state index in [0.29, 0.717) is 12.1 Å². The lowest BCUT2D eigenvalue weighted by atomic mass is 10.2. The fourth-order valence-electron chi connectivity index (χ4n) is 3.09. The number of rotatable bonds is 7. The molecule has 1 aliphatic heterocycles. The predicted octanol–water partition coefficient (Wildman–Crippen LogP) is 2.84. The van der Waals surface area contributed by atoms with Crippen LogP contribution in [0.25, 0.3) is 0 Å². The summed E-state index contributed by atoms with van der Waals surface area (Å²) in [6.45, 7) is 6.52. The Kier molecular flexibility index (Phi) is 5.56. The van der Waals surface area contributed by atoms with Crippen molar-refractivity contribution in [3.8, 4) is 11.8 Å². The molecule has 23 heavy (non-hydrogen) atoms. The van der Waals surface area contributed by atoms with Crippen molar-refractivity contribution in [1.82, 2.24) is 20.2 Å². The van der Waals surface area contributed by atoms with Crippen LogP contribution in [-0.4, -0.2) is 40.5 Å². The van der Waals surface area contributed by atoms with Crippen molar-refractivity contribution < 1.29 is 4.74 Å². The highest BCUT2D eigenvalue weighted by molar-refractivity contribution is 5.30. The first-order valence-electron chi connectivity index (χ1n) is 8.33. The number of likely N-dealkylation sites (tertiary alicyclic amines) is 1. The zero-order valence-electron chi connectivity index (χ0n) is 13.6. The molecular formula is C18H24N4O. The van der Waals surface area contributed by atoms with E-state index in [4.69, 9.17) is 4.74 Å². The SMILES string of the molecule is CCN1CCCC1CNCc1cccc(Oc2ncccn2)c1. The van der Waals surface area contributed by atoms with Crippen molar-refractivity contribution >= 4 is 0 Å². The standard InChI is InChI=1S/C18H24N4O/c1-2-22-11-4-7-16(22)14-19-13-15-6-3-8-17(12-15)23-18-20-9-5-10-21-18/h3,5-6,8-10,12,16,19H,2,4,7,11,13-14H2,1H3. The zero-order valence-corrected chi connectivity index (χ0v) is 13.6. The van der Waals surface area contributed by atoms with Crippen LogP contribution in [-0.2, 0) is 6.54 Å². The Morgan fingerprint density at radius 1 is 1.26 bits per heavy atom. The van der Waals surface area contributed by atoms with E-state index in [9.17, 15) is 0 Å². The summed E-state index contributed by atoms with van der Waals surface area (Å²) in [5.41, 5.74) is 1.21. The maximum atomic E-state index is 5.67. The number of likely N-dealkylation sites (N-methyl/N-ethyl adjacent to an activating group) is 1. The van der Waals surface area contributed by atoms with Gasteiger partial charge in [-0.15, -0.1) is 0 Å². The monoisotopic (exact) mass is 312 g/mol. The largest absolute Gasteiger partial charge is 0.424 e. The Balaban J connectivity index is 1.51. The van der Waals surface area contributed by atoms with Crippen LogP contribution >= 0.6 is 0 Å². The number of hydrogen-bond acceptors (Lipinski definition) is 5. The molecule has 1 unspecified atom stereocenters. The highest BCUT2D eigenvalue weighted by Crippen LogP contribution is 2.19. The average molecular weight is 312 g/mol. The minimum Gasteiger partial charge on any atom is -0.424 e. The highest BCUT2D eigenvalue weighted by atomic mass is 16.5. The van der Waals surface area contributed by atoms with Crippen LogP contribution in [0.15, 0.2) is 42.7 Å². The van der Waals surface area contributed by atoms with Crippen molar-refractivity contribution in [3.05, 3.63) is 48.3 Å². The molecule has 1 N–H and O–H groups in total. The van der Waals surface area contributed by atoms with Crippen LogP contribution in [0.3, 0.4) is 0 Å². The molecule has 2 heterocycles. The number of hydrogen-bond donors (Lipinski definition) is 1. The van der Waals surface area contributed by atoms with Gasteiger partial charge in [0.25, 0.3) is 0 Å². The van der Waals surface area contributed by atoms with E-state index in [1.54, 1.807) is 18.5 Å². The molecule has 2 aromatic rings. The summed E-state index contributed by atoms with van der Waals surface area (Å²) in [7, 11) is 0. The van der Waals surface area contributed by atoms with Gasteiger partial charge in [0.15, 0.2) is 0 Å². The first-order valence-corrected chi connectivity index (χ1v) is 8.33. The Morgan fingerprint density at radius 3 is 2.96 bits per heavy atom. The van der Waals surface area contributed by atoms with Gasteiger partial charge in [0.1, 0.15) is 5.75 Å². The second-order valence-corrected chi connectivity index (χ2v) is 5.84. The van der Waals surface area contributed by atoms with Crippen LogP contribution in [0.1, 0.15) is 25.3 Å². The van der Waals surface area contributed by atoms with Crippen LogP contribution < -0.4 is 10.1 Å². The second-order valence-electron chi connectivity index (χ2n) is 5.84. The molecule has 1 aliphatic rings. The number of benzene rings is 1. The van der Waals surface area contributed by atoms with Gasteiger partial charge in [0, 0.05) is 31.5 Å². The van der Waals surface area contributed by atoms with Crippen LogP contribution in [0.4, 0.5) is 0 Å². The molecule has 0 bridgehead atoms. The molecular weight excluding hydrogens is 288 g/mol. The summed E-state index contributed by atoms with van der Waals surface area (Å²) in [6.07, 6.45) is 5.97. The van der Waals surface area contributed by atoms with Crippen molar-refractivity contribution in [2.24, 2.45) is 0 Å². The summed E-state index contributed by atoms with van der Waals surface area (Å²) < 4.78 is 5.67. The first-order chi connectivity index (χ1) is 11.3. The first kappa shape index (κ1) is 15.9. The second kappa shape index (κ2) is 8.04. The predicted molar refractivity (Wildman–Crippen MR) is 90.5 cm³/mol. The topological polar surface area (TPSA) is 50.3 Å². The molecule has 0 amide bonds. The summed E-state index contributed by atoms with van der Waals surface area (Å²) >= 11 is 0. The Hall–Kier alpha value is -1.98. The van der Waals surface area contributed by atoms with Crippen LogP contribution in [0.5, 0.6) is 11.8 Å². The summed E-state index contributed by atoms with van der Waals surface area (Å²) in [4.78, 5) is 10.7. The van der Waals surface area contributed by atoms with E-state index in [0.717, 1.165) is 25.4 Å². The fraction of sp³-hybridized carbons (Fsp3) is 0.444. The maximum absolute atomic E-state index is 5.67. The summed E-state index contributed by atoms with van der Waals surface area (Å²) in [6, 6.07) is 10.9. The van der Waals surface area contributed by atoms with Crippen molar-refractivity contribution in [2.75, 3.05) is 19.6 Å². The Morgan fingerprint density at radius 2 is 2.13 bits per heavy atom. The minimum atomic E-state index is 0.377. The zero-order chi connectivity index (χ0) is 15.9. The highest BCUT2D eigenvalue weighted by Gasteiger charge is 2.21. The third-order valence-electron chi connectivity index (χ3n) is 4.26. The Labute approximate surface area is 137 Å². The maximum Gasteiger partial charge on any atom is 0.321 e. The quantitative estimate of drug-likeness (QED) is 0.852. The molecule has 0 spiro atoms. The van der Waals surface area contributed by atoms with E-state index in [-0.39, 0.29) is 0 Å². The van der Waals surface area contributed by atoms with Gasteiger partial charge >= 0.3 is 6.01 Å². The lowest BCUT2D eigenvalue weighted by Gasteiger charge is -2.23. The summed E-state index contributed by atoms with van der Waals surface area (Å²) in [5.74, 6) is 0.770. The van der Waals surface area contributed by atoms with Crippen molar-refractivity contribution in [2.45, 2.75) is 32.4 Å². The summed E-state index contributed by atoms with van der Waals surface area (Å²) in [5, 5.41) is 3.57. The van der Waals surface area contributed by atoms with E-state index in [2.05, 4.69) is 33.2 Å². The molecule has 1 aromatic carbocycles. The molecule has 0 aliphatic carbocycles. The average Bonchev–Trinajstić information content (AvgIpc) is 3.04. The van der Waals surface area contributed by atoms with Crippen LogP contribution in [0.2, 0.25) is 0 Å². The molecule has 5 heteroatoms. The third kappa shape index (κ3) is 4.50. The normalized spacial score (nSPS) is 18.2. The van der Waals surface area contributed by atoms with Gasteiger partial charge in [-0.1, -0.05) is 19.1 Å².